The first-order valence-electron chi connectivity index (χ1n) is 8.30. The average Bonchev–Trinajstić information content (AvgIpc) is 2.57. The summed E-state index contributed by atoms with van der Waals surface area (Å²) in [7, 11) is -4.41. The van der Waals surface area contributed by atoms with Crippen molar-refractivity contribution < 1.29 is 22.0 Å². The molecule has 1 amide bonds. The molecular weight excluding hydrogens is 362 g/mol. The van der Waals surface area contributed by atoms with E-state index in [1.165, 1.54) is 0 Å². The number of nitrogens with zero attached hydrogens (tertiary/aromatic N) is 1. The smallest absolute Gasteiger partial charge is 0.267 e. The molecule has 2 aliphatic heterocycles. The van der Waals surface area contributed by atoms with Crippen molar-refractivity contribution in [2.75, 3.05) is 16.2 Å². The van der Waals surface area contributed by atoms with Gasteiger partial charge in [0.05, 0.1) is 5.69 Å². The summed E-state index contributed by atoms with van der Waals surface area (Å²) in [5, 5.41) is 0. The van der Waals surface area contributed by atoms with Gasteiger partial charge in [0.15, 0.2) is 4.90 Å². The van der Waals surface area contributed by atoms with Crippen LogP contribution >= 0.6 is 0 Å². The highest BCUT2D eigenvalue weighted by Crippen LogP contribution is 2.38. The minimum absolute atomic E-state index is 0.0696. The summed E-state index contributed by atoms with van der Waals surface area (Å²) in [5.74, 6) is -2.22. The van der Waals surface area contributed by atoms with E-state index in [4.69, 9.17) is 0 Å². The number of hydrogen-bond donors (Lipinski definition) is 1. The quantitative estimate of drug-likeness (QED) is 0.893. The molecule has 1 N–H and O–H groups in total. The number of anilines is 2. The van der Waals surface area contributed by atoms with E-state index >= 15 is 0 Å². The standard InChI is InChI=1S/C18H16F2N2O3S/c19-14-4-1-5-15(20)18(14)26(24,25)21-13-9-11-3-2-8-22-16(23)7-6-12(10-13)17(11)22/h1,4-5,9-10,21H,2-3,6-8H2. The zero-order chi connectivity index (χ0) is 18.5. The molecule has 0 spiro atoms. The molecular formula is C18H16F2N2O3S. The van der Waals surface area contributed by atoms with Gasteiger partial charge < -0.3 is 4.90 Å². The number of carbonyl (C=O) groups is 1. The van der Waals surface area contributed by atoms with E-state index < -0.39 is 26.6 Å². The van der Waals surface area contributed by atoms with Crippen molar-refractivity contribution in [3.8, 4) is 0 Å². The molecule has 0 fully saturated rings. The van der Waals surface area contributed by atoms with Gasteiger partial charge in [0, 0.05) is 18.7 Å². The van der Waals surface area contributed by atoms with Crippen LogP contribution in [0.4, 0.5) is 20.2 Å². The molecule has 4 rings (SSSR count). The van der Waals surface area contributed by atoms with Gasteiger partial charge in [-0.2, -0.15) is 0 Å². The van der Waals surface area contributed by atoms with Crippen molar-refractivity contribution in [2.45, 2.75) is 30.6 Å². The Morgan fingerprint density at radius 2 is 1.65 bits per heavy atom. The monoisotopic (exact) mass is 378 g/mol. The lowest BCUT2D eigenvalue weighted by Gasteiger charge is -2.35. The lowest BCUT2D eigenvalue weighted by atomic mass is 9.91. The predicted octanol–water partition coefficient (Wildman–Crippen LogP) is 2.99. The Balaban J connectivity index is 1.75. The van der Waals surface area contributed by atoms with E-state index in [1.807, 2.05) is 0 Å². The molecule has 2 aromatic rings. The fraction of sp³-hybridized carbons (Fsp3) is 0.278. The second kappa shape index (κ2) is 6.05. The molecule has 2 aliphatic rings. The third-order valence-corrected chi connectivity index (χ3v) is 6.15. The summed E-state index contributed by atoms with van der Waals surface area (Å²) in [6.45, 7) is 0.657. The van der Waals surface area contributed by atoms with Crippen LogP contribution in [0.5, 0.6) is 0 Å². The van der Waals surface area contributed by atoms with Gasteiger partial charge in [-0.1, -0.05) is 6.07 Å². The van der Waals surface area contributed by atoms with Crippen LogP contribution in [0.3, 0.4) is 0 Å². The number of nitrogens with one attached hydrogen (secondary N) is 1. The fourth-order valence-corrected chi connectivity index (χ4v) is 4.84. The second-order valence-corrected chi connectivity index (χ2v) is 8.07. The minimum Gasteiger partial charge on any atom is -0.312 e. The van der Waals surface area contributed by atoms with E-state index in [-0.39, 0.29) is 11.6 Å². The molecule has 8 heteroatoms. The van der Waals surface area contributed by atoms with Gasteiger partial charge in [-0.05, 0) is 54.7 Å². The summed E-state index contributed by atoms with van der Waals surface area (Å²) < 4.78 is 55.0. The number of amides is 1. The van der Waals surface area contributed by atoms with Crippen LogP contribution in [0.25, 0.3) is 0 Å². The zero-order valence-corrected chi connectivity index (χ0v) is 14.6. The molecule has 0 aromatic heterocycles. The number of carbonyl (C=O) groups excluding carboxylic acids is 1. The summed E-state index contributed by atoms with van der Waals surface area (Å²) in [6, 6.07) is 6.19. The van der Waals surface area contributed by atoms with Crippen LogP contribution in [0.2, 0.25) is 0 Å². The lowest BCUT2D eigenvalue weighted by Crippen LogP contribution is -2.39. The number of aryl methyl sites for hydroxylation is 2. The first-order chi connectivity index (χ1) is 12.4. The van der Waals surface area contributed by atoms with Crippen LogP contribution in [-0.2, 0) is 27.7 Å². The SMILES string of the molecule is O=C1CCc2cc(NS(=O)(=O)c3c(F)cccc3F)cc3c2N1CCC3. The first kappa shape index (κ1) is 17.0. The van der Waals surface area contributed by atoms with Crippen molar-refractivity contribution in [1.29, 1.82) is 0 Å². The highest BCUT2D eigenvalue weighted by atomic mass is 32.2. The van der Waals surface area contributed by atoms with Gasteiger partial charge in [-0.15, -0.1) is 0 Å². The molecule has 0 radical (unpaired) electrons. The Morgan fingerprint density at radius 1 is 1.00 bits per heavy atom. The minimum atomic E-state index is -4.41. The molecule has 0 saturated heterocycles. The number of sulfonamides is 1. The molecule has 0 atom stereocenters. The van der Waals surface area contributed by atoms with Crippen molar-refractivity contribution in [3.63, 3.8) is 0 Å². The third-order valence-electron chi connectivity index (χ3n) is 4.71. The zero-order valence-electron chi connectivity index (χ0n) is 13.8. The van der Waals surface area contributed by atoms with Gasteiger partial charge >= 0.3 is 0 Å². The molecule has 0 aliphatic carbocycles. The molecule has 0 unspecified atom stereocenters. The van der Waals surface area contributed by atoms with E-state index in [0.717, 1.165) is 47.9 Å². The molecule has 136 valence electrons. The third kappa shape index (κ3) is 2.74. The summed E-state index contributed by atoms with van der Waals surface area (Å²) in [4.78, 5) is 12.8. The van der Waals surface area contributed by atoms with Crippen molar-refractivity contribution in [3.05, 3.63) is 53.1 Å². The van der Waals surface area contributed by atoms with Crippen LogP contribution in [0, 0.1) is 11.6 Å². The molecule has 5 nitrogen and oxygen atoms in total. The number of benzene rings is 2. The Hall–Kier alpha value is -2.48. The Bertz CT molecular complexity index is 984. The maximum atomic E-state index is 13.9. The number of halogens is 2. The number of hydrogen-bond acceptors (Lipinski definition) is 3. The second-order valence-electron chi connectivity index (χ2n) is 6.45. The van der Waals surface area contributed by atoms with Crippen LogP contribution in [0.15, 0.2) is 35.2 Å². The maximum Gasteiger partial charge on any atom is 0.267 e. The van der Waals surface area contributed by atoms with Gasteiger partial charge in [-0.3, -0.25) is 9.52 Å². The molecule has 2 aromatic carbocycles. The first-order valence-corrected chi connectivity index (χ1v) is 9.78. The largest absolute Gasteiger partial charge is 0.312 e. The van der Waals surface area contributed by atoms with Crippen molar-refractivity contribution in [1.82, 2.24) is 0 Å². The predicted molar refractivity (Wildman–Crippen MR) is 92.6 cm³/mol. The normalized spacial score (nSPS) is 16.4. The molecule has 0 bridgehead atoms. The maximum absolute atomic E-state index is 13.9. The van der Waals surface area contributed by atoms with E-state index in [2.05, 4.69) is 4.72 Å². The Kier molecular flexibility index (Phi) is 3.95. The molecule has 2 heterocycles. The highest BCUT2D eigenvalue weighted by Gasteiger charge is 2.31. The summed E-state index contributed by atoms with van der Waals surface area (Å²) >= 11 is 0. The van der Waals surface area contributed by atoms with Crippen LogP contribution < -0.4 is 9.62 Å². The molecule has 0 saturated carbocycles. The number of rotatable bonds is 3. The van der Waals surface area contributed by atoms with E-state index in [1.54, 1.807) is 17.0 Å². The van der Waals surface area contributed by atoms with E-state index in [9.17, 15) is 22.0 Å². The Labute approximate surface area is 149 Å². The topological polar surface area (TPSA) is 66.5 Å². The van der Waals surface area contributed by atoms with Crippen molar-refractivity contribution in [2.24, 2.45) is 0 Å². The van der Waals surface area contributed by atoms with Crippen molar-refractivity contribution >= 4 is 27.3 Å². The van der Waals surface area contributed by atoms with E-state index in [0.29, 0.717) is 19.4 Å². The summed E-state index contributed by atoms with van der Waals surface area (Å²) in [6.07, 6.45) is 2.39. The highest BCUT2D eigenvalue weighted by molar-refractivity contribution is 7.92. The van der Waals surface area contributed by atoms with Crippen LogP contribution in [0.1, 0.15) is 24.0 Å². The lowest BCUT2D eigenvalue weighted by molar-refractivity contribution is -0.119. The van der Waals surface area contributed by atoms with Gasteiger partial charge in [0.1, 0.15) is 11.6 Å². The fourth-order valence-electron chi connectivity index (χ4n) is 3.66. The summed E-state index contributed by atoms with van der Waals surface area (Å²) in [5.41, 5.74) is 2.84. The van der Waals surface area contributed by atoms with Gasteiger partial charge in [0.25, 0.3) is 10.0 Å². The average molecular weight is 378 g/mol. The van der Waals surface area contributed by atoms with Crippen LogP contribution in [-0.4, -0.2) is 20.9 Å². The van der Waals surface area contributed by atoms with Gasteiger partial charge in [-0.25, -0.2) is 17.2 Å². The Morgan fingerprint density at radius 3 is 2.35 bits per heavy atom. The molecule has 26 heavy (non-hydrogen) atoms. The van der Waals surface area contributed by atoms with Gasteiger partial charge in [0.2, 0.25) is 5.91 Å².